The summed E-state index contributed by atoms with van der Waals surface area (Å²) in [5.74, 6) is -0.344. The van der Waals surface area contributed by atoms with Gasteiger partial charge in [-0.2, -0.15) is 0 Å². The molecule has 3 rings (SSSR count). The molecule has 0 spiro atoms. The summed E-state index contributed by atoms with van der Waals surface area (Å²) in [6, 6.07) is 6.55. The number of hydrogen-bond acceptors (Lipinski definition) is 4. The van der Waals surface area contributed by atoms with Crippen LogP contribution in [-0.2, 0) is 16.0 Å². The second-order valence-electron chi connectivity index (χ2n) is 5.62. The standard InChI is InChI=1S/C17H19FN2O2S/c1-11-15(9-16(21)19-10-12-5-4-8-22-12)23-17(20-11)13-6-2-3-7-14(13)18/h2-3,6-7,12H,4-5,8-10H2,1H3,(H,19,21). The van der Waals surface area contributed by atoms with Crippen LogP contribution in [0, 0.1) is 12.7 Å². The number of aromatic nitrogens is 1. The van der Waals surface area contributed by atoms with E-state index in [1.807, 2.05) is 6.92 Å². The van der Waals surface area contributed by atoms with Gasteiger partial charge >= 0.3 is 0 Å². The zero-order valence-corrected chi connectivity index (χ0v) is 13.8. The van der Waals surface area contributed by atoms with Crippen LogP contribution in [0.15, 0.2) is 24.3 Å². The summed E-state index contributed by atoms with van der Waals surface area (Å²) < 4.78 is 19.3. The van der Waals surface area contributed by atoms with Crippen molar-refractivity contribution in [3.63, 3.8) is 0 Å². The molecule has 4 nitrogen and oxygen atoms in total. The van der Waals surface area contributed by atoms with Gasteiger partial charge in [-0.3, -0.25) is 4.79 Å². The Hall–Kier alpha value is -1.79. The van der Waals surface area contributed by atoms with Gasteiger partial charge in [0.2, 0.25) is 5.91 Å². The molecule has 1 N–H and O–H groups in total. The number of carbonyl (C=O) groups is 1. The fourth-order valence-corrected chi connectivity index (χ4v) is 3.67. The Morgan fingerprint density at radius 3 is 3.04 bits per heavy atom. The number of hydrogen-bond donors (Lipinski definition) is 1. The lowest BCUT2D eigenvalue weighted by molar-refractivity contribution is -0.120. The molecule has 1 saturated heterocycles. The zero-order valence-electron chi connectivity index (χ0n) is 13.0. The van der Waals surface area contributed by atoms with Crippen LogP contribution in [0.1, 0.15) is 23.4 Å². The van der Waals surface area contributed by atoms with Gasteiger partial charge in [0.15, 0.2) is 0 Å². The number of amides is 1. The Kier molecular flexibility index (Phi) is 5.03. The average molecular weight is 334 g/mol. The van der Waals surface area contributed by atoms with E-state index in [1.54, 1.807) is 18.2 Å². The number of rotatable bonds is 5. The van der Waals surface area contributed by atoms with Gasteiger partial charge in [-0.05, 0) is 31.9 Å². The first-order valence-electron chi connectivity index (χ1n) is 7.73. The van der Waals surface area contributed by atoms with Crippen molar-refractivity contribution in [1.82, 2.24) is 10.3 Å². The Labute approximate surface area is 138 Å². The van der Waals surface area contributed by atoms with Crippen LogP contribution in [0.4, 0.5) is 4.39 Å². The number of thiazole rings is 1. The highest BCUT2D eigenvalue weighted by atomic mass is 32.1. The van der Waals surface area contributed by atoms with E-state index < -0.39 is 0 Å². The molecular weight excluding hydrogens is 315 g/mol. The first-order valence-corrected chi connectivity index (χ1v) is 8.54. The van der Waals surface area contributed by atoms with Gasteiger partial charge in [-0.25, -0.2) is 9.37 Å². The Morgan fingerprint density at radius 2 is 2.30 bits per heavy atom. The molecule has 1 aliphatic heterocycles. The Morgan fingerprint density at radius 1 is 1.48 bits per heavy atom. The van der Waals surface area contributed by atoms with Crippen molar-refractivity contribution in [3.8, 4) is 10.6 Å². The van der Waals surface area contributed by atoms with Crippen molar-refractivity contribution in [3.05, 3.63) is 40.7 Å². The fraction of sp³-hybridized carbons (Fsp3) is 0.412. The molecule has 2 heterocycles. The second-order valence-corrected chi connectivity index (χ2v) is 6.71. The lowest BCUT2D eigenvalue weighted by Crippen LogP contribution is -2.32. The van der Waals surface area contributed by atoms with Crippen LogP contribution in [0.2, 0.25) is 0 Å². The highest BCUT2D eigenvalue weighted by Gasteiger charge is 2.18. The molecule has 1 aliphatic rings. The van der Waals surface area contributed by atoms with Gasteiger partial charge in [0.05, 0.1) is 18.2 Å². The molecule has 23 heavy (non-hydrogen) atoms. The van der Waals surface area contributed by atoms with Gasteiger partial charge in [0.25, 0.3) is 0 Å². The minimum absolute atomic E-state index is 0.0488. The maximum absolute atomic E-state index is 13.8. The predicted molar refractivity (Wildman–Crippen MR) is 87.9 cm³/mol. The van der Waals surface area contributed by atoms with E-state index in [-0.39, 0.29) is 24.2 Å². The molecule has 2 aromatic rings. The second kappa shape index (κ2) is 7.19. The maximum atomic E-state index is 13.8. The normalized spacial score (nSPS) is 17.4. The van der Waals surface area contributed by atoms with E-state index in [0.29, 0.717) is 17.1 Å². The van der Waals surface area contributed by atoms with Crippen LogP contribution >= 0.6 is 11.3 Å². The van der Waals surface area contributed by atoms with Crippen molar-refractivity contribution < 1.29 is 13.9 Å². The summed E-state index contributed by atoms with van der Waals surface area (Å²) in [5, 5.41) is 3.52. The van der Waals surface area contributed by atoms with Crippen molar-refractivity contribution in [2.24, 2.45) is 0 Å². The summed E-state index contributed by atoms with van der Waals surface area (Å²) in [6.45, 7) is 3.18. The number of ether oxygens (including phenoxy) is 1. The summed E-state index contributed by atoms with van der Waals surface area (Å²) in [7, 11) is 0. The van der Waals surface area contributed by atoms with E-state index in [9.17, 15) is 9.18 Å². The van der Waals surface area contributed by atoms with Crippen molar-refractivity contribution >= 4 is 17.2 Å². The van der Waals surface area contributed by atoms with E-state index in [1.165, 1.54) is 17.4 Å². The third kappa shape index (κ3) is 3.95. The molecular formula is C17H19FN2O2S. The molecule has 1 amide bonds. The monoisotopic (exact) mass is 334 g/mol. The number of aryl methyl sites for hydroxylation is 1. The molecule has 0 radical (unpaired) electrons. The molecule has 1 atom stereocenters. The van der Waals surface area contributed by atoms with E-state index in [0.717, 1.165) is 30.0 Å². The minimum atomic E-state index is -0.296. The smallest absolute Gasteiger partial charge is 0.225 e. The Balaban J connectivity index is 1.64. The highest BCUT2D eigenvalue weighted by molar-refractivity contribution is 7.15. The van der Waals surface area contributed by atoms with Crippen molar-refractivity contribution in [2.75, 3.05) is 13.2 Å². The first kappa shape index (κ1) is 16.1. The third-order valence-corrected chi connectivity index (χ3v) is 5.06. The molecule has 1 unspecified atom stereocenters. The van der Waals surface area contributed by atoms with Crippen LogP contribution < -0.4 is 5.32 Å². The number of nitrogens with zero attached hydrogens (tertiary/aromatic N) is 1. The zero-order chi connectivity index (χ0) is 16.2. The largest absolute Gasteiger partial charge is 0.376 e. The van der Waals surface area contributed by atoms with Gasteiger partial charge in [-0.15, -0.1) is 11.3 Å². The lowest BCUT2D eigenvalue weighted by Gasteiger charge is -2.10. The van der Waals surface area contributed by atoms with Gasteiger partial charge in [0.1, 0.15) is 10.8 Å². The molecule has 6 heteroatoms. The van der Waals surface area contributed by atoms with Crippen molar-refractivity contribution in [1.29, 1.82) is 0 Å². The molecule has 0 aliphatic carbocycles. The molecule has 0 saturated carbocycles. The summed E-state index contributed by atoms with van der Waals surface area (Å²) in [4.78, 5) is 17.3. The predicted octanol–water partition coefficient (Wildman–Crippen LogP) is 3.10. The van der Waals surface area contributed by atoms with Gasteiger partial charge in [0, 0.05) is 23.6 Å². The summed E-state index contributed by atoms with van der Waals surface area (Å²) >= 11 is 1.37. The molecule has 1 aromatic heterocycles. The quantitative estimate of drug-likeness (QED) is 0.914. The van der Waals surface area contributed by atoms with Crippen LogP contribution in [0.25, 0.3) is 10.6 Å². The average Bonchev–Trinajstić information content (AvgIpc) is 3.16. The summed E-state index contributed by atoms with van der Waals surface area (Å²) in [5.41, 5.74) is 1.26. The molecule has 1 aromatic carbocycles. The highest BCUT2D eigenvalue weighted by Crippen LogP contribution is 2.29. The summed E-state index contributed by atoms with van der Waals surface area (Å²) in [6.07, 6.45) is 2.46. The van der Waals surface area contributed by atoms with Crippen molar-refractivity contribution in [2.45, 2.75) is 32.3 Å². The van der Waals surface area contributed by atoms with Crippen LogP contribution in [-0.4, -0.2) is 30.1 Å². The maximum Gasteiger partial charge on any atom is 0.225 e. The number of nitrogens with one attached hydrogen (secondary N) is 1. The van der Waals surface area contributed by atoms with E-state index in [2.05, 4.69) is 10.3 Å². The SMILES string of the molecule is Cc1nc(-c2ccccc2F)sc1CC(=O)NCC1CCCO1. The van der Waals surface area contributed by atoms with Gasteiger partial charge in [-0.1, -0.05) is 12.1 Å². The molecule has 122 valence electrons. The number of carbonyl (C=O) groups excluding carboxylic acids is 1. The first-order chi connectivity index (χ1) is 11.1. The molecule has 1 fully saturated rings. The van der Waals surface area contributed by atoms with Gasteiger partial charge < -0.3 is 10.1 Å². The van der Waals surface area contributed by atoms with E-state index >= 15 is 0 Å². The van der Waals surface area contributed by atoms with E-state index in [4.69, 9.17) is 4.74 Å². The fourth-order valence-electron chi connectivity index (χ4n) is 2.58. The number of halogens is 1. The Bertz CT molecular complexity index is 696. The topological polar surface area (TPSA) is 51.2 Å². The van der Waals surface area contributed by atoms with Crippen LogP contribution in [0.5, 0.6) is 0 Å². The molecule has 0 bridgehead atoms. The van der Waals surface area contributed by atoms with Crippen LogP contribution in [0.3, 0.4) is 0 Å². The minimum Gasteiger partial charge on any atom is -0.376 e. The number of benzene rings is 1. The lowest BCUT2D eigenvalue weighted by atomic mass is 10.2. The third-order valence-electron chi connectivity index (χ3n) is 3.87.